The Morgan fingerprint density at radius 2 is 2.05 bits per heavy atom. The van der Waals surface area contributed by atoms with Crippen molar-refractivity contribution in [2.75, 3.05) is 34.2 Å². The Morgan fingerprint density at radius 1 is 1.47 bits per heavy atom. The van der Waals surface area contributed by atoms with Gasteiger partial charge in [-0.05, 0) is 12.5 Å². The van der Waals surface area contributed by atoms with E-state index in [4.69, 9.17) is 5.73 Å². The summed E-state index contributed by atoms with van der Waals surface area (Å²) in [5.74, 6) is -1.00. The van der Waals surface area contributed by atoms with Gasteiger partial charge in [0.05, 0.1) is 32.2 Å². The molecule has 0 fully saturated rings. The molecule has 7 nitrogen and oxygen atoms in total. The van der Waals surface area contributed by atoms with Crippen LogP contribution in [0.2, 0.25) is 0 Å². The molecule has 0 aromatic carbocycles. The second kappa shape index (κ2) is 7.42. The summed E-state index contributed by atoms with van der Waals surface area (Å²) in [7, 11) is 5.40. The molecule has 0 atom stereocenters. The highest BCUT2D eigenvalue weighted by atomic mass is 16.4. The zero-order chi connectivity index (χ0) is 15.1. The molecule has 0 aliphatic carbocycles. The minimum Gasteiger partial charge on any atom is -0.544 e. The number of carbonyl (C=O) groups is 2. The second-order valence-electron chi connectivity index (χ2n) is 5.21. The minimum atomic E-state index is -1.00. The minimum absolute atomic E-state index is 0.0694. The first kappa shape index (κ1) is 17.0. The number of urea groups is 1. The van der Waals surface area contributed by atoms with Gasteiger partial charge in [0, 0.05) is 6.08 Å². The van der Waals surface area contributed by atoms with E-state index in [1.165, 1.54) is 4.70 Å². The highest BCUT2D eigenvalue weighted by Gasteiger charge is 2.08. The number of primary amides is 1. The summed E-state index contributed by atoms with van der Waals surface area (Å²) < 4.78 is 1.93. The van der Waals surface area contributed by atoms with Crippen LogP contribution in [0.25, 0.3) is 0 Å². The molecule has 2 amide bonds. The van der Waals surface area contributed by atoms with Gasteiger partial charge in [0.15, 0.2) is 12.7 Å². The number of amides is 2. The molecule has 1 rings (SSSR count). The third-order valence-electron chi connectivity index (χ3n) is 1.88. The number of hydrogen-bond acceptors (Lipinski definition) is 3. The average molecular weight is 269 g/mol. The summed E-state index contributed by atoms with van der Waals surface area (Å²) in [5, 5.41) is 13.4. The summed E-state index contributed by atoms with van der Waals surface area (Å²) in [4.78, 5) is 20.2. The van der Waals surface area contributed by atoms with Crippen molar-refractivity contribution in [1.82, 2.24) is 0 Å². The maximum absolute atomic E-state index is 10.3. The summed E-state index contributed by atoms with van der Waals surface area (Å²) in [6.45, 7) is 2.67. The average Bonchev–Trinajstić information content (AvgIpc) is 2.12. The predicted molar refractivity (Wildman–Crippen MR) is 67.9 cm³/mol. The van der Waals surface area contributed by atoms with Crippen LogP contribution in [0.15, 0.2) is 29.0 Å². The SMILES string of the molecule is CC1=CC=C[N+](=NC(N)=O)C1.C[N+](C)(C)CC(=O)[O-]. The fourth-order valence-electron chi connectivity index (χ4n) is 1.25. The predicted octanol–water partition coefficient (Wildman–Crippen LogP) is -0.554. The summed E-state index contributed by atoms with van der Waals surface area (Å²) in [6, 6.07) is -0.663. The van der Waals surface area contributed by atoms with E-state index < -0.39 is 12.0 Å². The molecule has 0 unspecified atom stereocenters. The third-order valence-corrected chi connectivity index (χ3v) is 1.88. The topological polar surface area (TPSA) is 98.6 Å². The van der Waals surface area contributed by atoms with Gasteiger partial charge in [0.1, 0.15) is 6.54 Å². The van der Waals surface area contributed by atoms with E-state index in [1.807, 2.05) is 19.1 Å². The first-order chi connectivity index (χ1) is 8.60. The zero-order valence-corrected chi connectivity index (χ0v) is 11.8. The molecule has 0 saturated carbocycles. The number of aliphatic carboxylic acids is 1. The number of rotatable bonds is 2. The largest absolute Gasteiger partial charge is 0.544 e. The molecule has 1 aliphatic heterocycles. The number of nitrogens with two attached hydrogens (primary N) is 1. The Hall–Kier alpha value is -2.02. The lowest BCUT2D eigenvalue weighted by atomic mass is 10.2. The standard InChI is InChI=1S/C7H9N3O.C5H11NO2/c1-6-3-2-4-10(5-6)9-7(8)11;1-6(2,3)4-5(7)8/h2-4H,5H2,1H3,(H-,8,11);4H2,1-3H3/p+1. The normalized spacial score (nSPS) is 16.4. The second-order valence-corrected chi connectivity index (χ2v) is 5.21. The monoisotopic (exact) mass is 269 g/mol. The van der Waals surface area contributed by atoms with Crippen molar-refractivity contribution in [3.8, 4) is 0 Å². The van der Waals surface area contributed by atoms with Gasteiger partial charge < -0.3 is 20.1 Å². The van der Waals surface area contributed by atoms with Crippen molar-refractivity contribution < 1.29 is 23.9 Å². The van der Waals surface area contributed by atoms with E-state index in [-0.39, 0.29) is 6.54 Å². The Kier molecular flexibility index (Phi) is 6.63. The van der Waals surface area contributed by atoms with Crippen LogP contribution in [0.3, 0.4) is 0 Å². The van der Waals surface area contributed by atoms with E-state index >= 15 is 0 Å². The Balaban J connectivity index is 0.000000362. The zero-order valence-electron chi connectivity index (χ0n) is 11.8. The third kappa shape index (κ3) is 10.8. The molecule has 7 heteroatoms. The lowest BCUT2D eigenvalue weighted by Crippen LogP contribution is -2.45. The molecular weight excluding hydrogens is 248 g/mol. The van der Waals surface area contributed by atoms with Crippen molar-refractivity contribution >= 4 is 12.0 Å². The molecule has 0 bridgehead atoms. The number of hydrogen-bond donors (Lipinski definition) is 1. The molecule has 106 valence electrons. The number of carbonyl (C=O) groups excluding carboxylic acids is 2. The van der Waals surface area contributed by atoms with Gasteiger partial charge in [0.2, 0.25) is 0 Å². The summed E-state index contributed by atoms with van der Waals surface area (Å²) in [5.41, 5.74) is 6.02. The number of quaternary nitrogens is 1. The van der Waals surface area contributed by atoms with Crippen molar-refractivity contribution in [2.45, 2.75) is 6.92 Å². The Labute approximate surface area is 112 Å². The van der Waals surface area contributed by atoms with Crippen LogP contribution in [-0.2, 0) is 4.79 Å². The van der Waals surface area contributed by atoms with E-state index in [0.717, 1.165) is 5.57 Å². The Morgan fingerprint density at radius 3 is 2.37 bits per heavy atom. The van der Waals surface area contributed by atoms with Gasteiger partial charge in [0.25, 0.3) is 0 Å². The van der Waals surface area contributed by atoms with Crippen LogP contribution >= 0.6 is 0 Å². The molecule has 19 heavy (non-hydrogen) atoms. The molecule has 0 saturated heterocycles. The first-order valence-corrected chi connectivity index (χ1v) is 5.72. The van der Waals surface area contributed by atoms with Crippen molar-refractivity contribution in [1.29, 1.82) is 0 Å². The van der Waals surface area contributed by atoms with Crippen LogP contribution in [-0.4, -0.2) is 55.4 Å². The smallest absolute Gasteiger partial charge is 0.398 e. The van der Waals surface area contributed by atoms with Crippen molar-refractivity contribution in [2.24, 2.45) is 10.8 Å². The Bertz CT molecular complexity index is 431. The fraction of sp³-hybridized carbons (Fsp3) is 0.500. The molecule has 1 aliphatic rings. The highest BCUT2D eigenvalue weighted by molar-refractivity contribution is 5.71. The van der Waals surface area contributed by atoms with Crippen LogP contribution < -0.4 is 10.8 Å². The van der Waals surface area contributed by atoms with Crippen LogP contribution in [0.1, 0.15) is 6.92 Å². The number of azo groups is 2. The fourth-order valence-corrected chi connectivity index (χ4v) is 1.25. The maximum atomic E-state index is 10.3. The van der Waals surface area contributed by atoms with Gasteiger partial charge in [-0.3, -0.25) is 0 Å². The van der Waals surface area contributed by atoms with Gasteiger partial charge in [-0.2, -0.15) is 0 Å². The summed E-state index contributed by atoms with van der Waals surface area (Å²) in [6.07, 6.45) is 5.50. The number of likely N-dealkylation sites (N-methyl/N-ethyl adjacent to an activating group) is 1. The molecule has 2 N–H and O–H groups in total. The van der Waals surface area contributed by atoms with Crippen LogP contribution in [0, 0.1) is 0 Å². The van der Waals surface area contributed by atoms with E-state index in [2.05, 4.69) is 5.11 Å². The molecule has 0 radical (unpaired) electrons. The molecule has 0 spiro atoms. The number of carboxylic acid groups (broad SMARTS) is 1. The first-order valence-electron chi connectivity index (χ1n) is 5.72. The molecule has 1 heterocycles. The van der Waals surface area contributed by atoms with E-state index in [9.17, 15) is 14.7 Å². The maximum Gasteiger partial charge on any atom is 0.398 e. The number of carboxylic acids is 1. The highest BCUT2D eigenvalue weighted by Crippen LogP contribution is 2.01. The lowest BCUT2D eigenvalue weighted by molar-refractivity contribution is -0.864. The number of nitrogens with zero attached hydrogens (tertiary/aromatic N) is 3. The molecule has 0 aromatic heterocycles. The summed E-state index contributed by atoms with van der Waals surface area (Å²) >= 11 is 0. The lowest BCUT2D eigenvalue weighted by Gasteiger charge is -2.23. The van der Waals surface area contributed by atoms with Gasteiger partial charge in [-0.25, -0.2) is 4.79 Å². The van der Waals surface area contributed by atoms with Crippen LogP contribution in [0.5, 0.6) is 0 Å². The van der Waals surface area contributed by atoms with E-state index in [1.54, 1.807) is 27.3 Å². The van der Waals surface area contributed by atoms with Gasteiger partial charge in [-0.15, -0.1) is 0 Å². The number of allylic oxidation sites excluding steroid dienone is 2. The van der Waals surface area contributed by atoms with Crippen LogP contribution in [0.4, 0.5) is 4.79 Å². The van der Waals surface area contributed by atoms with Crippen molar-refractivity contribution in [3.05, 3.63) is 23.9 Å². The van der Waals surface area contributed by atoms with E-state index in [0.29, 0.717) is 11.0 Å². The van der Waals surface area contributed by atoms with Gasteiger partial charge in [-0.1, -0.05) is 10.8 Å². The van der Waals surface area contributed by atoms with Gasteiger partial charge >= 0.3 is 6.03 Å². The van der Waals surface area contributed by atoms with Crippen molar-refractivity contribution in [3.63, 3.8) is 0 Å². The molecular formula is C12H21N4O3+. The quantitative estimate of drug-likeness (QED) is 0.537. The molecule has 0 aromatic rings.